The summed E-state index contributed by atoms with van der Waals surface area (Å²) in [4.78, 5) is 39.4. The fourth-order valence-corrected chi connectivity index (χ4v) is 4.61. The number of ether oxygens (including phenoxy) is 2. The molecule has 188 valence electrons. The predicted molar refractivity (Wildman–Crippen MR) is 141 cm³/mol. The van der Waals surface area contributed by atoms with Gasteiger partial charge in [-0.05, 0) is 61.2 Å². The highest BCUT2D eigenvalue weighted by molar-refractivity contribution is 6.37. The zero-order valence-corrected chi connectivity index (χ0v) is 20.5. The molecule has 0 aliphatic carbocycles. The van der Waals surface area contributed by atoms with E-state index in [1.54, 1.807) is 18.2 Å². The number of anilines is 2. The molecule has 0 radical (unpaired) electrons. The maximum Gasteiger partial charge on any atom is 0.513 e. The molecule has 2 amide bonds. The monoisotopic (exact) mass is 497 g/mol. The number of amides is 2. The minimum absolute atomic E-state index is 0.0435. The van der Waals surface area contributed by atoms with Crippen LogP contribution in [0.25, 0.3) is 11.3 Å². The molecular weight excluding hydrogens is 470 g/mol. The summed E-state index contributed by atoms with van der Waals surface area (Å²) in [7, 11) is 1.23. The van der Waals surface area contributed by atoms with Crippen molar-refractivity contribution in [1.29, 1.82) is 0 Å². The molecular formula is C29H27N3O5. The van der Waals surface area contributed by atoms with Gasteiger partial charge < -0.3 is 25.0 Å². The SMILES string of the molecule is COC(=O)Oc1ccc2c(c1)NC(=O)/C2=C(\Nc1ccc(C(=O)N2CCCCC2)cc1)c1ccccc1. The number of carbonyl (C=O) groups is 3. The maximum absolute atomic E-state index is 13.2. The van der Waals surface area contributed by atoms with Crippen molar-refractivity contribution in [2.75, 3.05) is 30.8 Å². The number of piperidine rings is 1. The first-order chi connectivity index (χ1) is 18.0. The fraction of sp³-hybridized carbons (Fsp3) is 0.207. The molecule has 5 rings (SSSR count). The third-order valence-electron chi connectivity index (χ3n) is 6.46. The van der Waals surface area contributed by atoms with Crippen LogP contribution in [0.2, 0.25) is 0 Å². The molecule has 0 bridgehead atoms. The predicted octanol–water partition coefficient (Wildman–Crippen LogP) is 5.39. The second-order valence-corrected chi connectivity index (χ2v) is 8.89. The summed E-state index contributed by atoms with van der Waals surface area (Å²) in [5.41, 5.74) is 4.48. The van der Waals surface area contributed by atoms with Gasteiger partial charge in [0.05, 0.1) is 24.1 Å². The molecule has 2 N–H and O–H groups in total. The molecule has 0 saturated carbocycles. The Bertz CT molecular complexity index is 1360. The van der Waals surface area contributed by atoms with Gasteiger partial charge in [-0.1, -0.05) is 30.3 Å². The van der Waals surface area contributed by atoms with Crippen LogP contribution in [-0.2, 0) is 9.53 Å². The van der Waals surface area contributed by atoms with Crippen LogP contribution < -0.4 is 15.4 Å². The highest BCUT2D eigenvalue weighted by atomic mass is 16.7. The van der Waals surface area contributed by atoms with Gasteiger partial charge in [-0.25, -0.2) is 4.79 Å². The molecule has 1 fully saturated rings. The number of nitrogens with one attached hydrogen (secondary N) is 2. The molecule has 0 unspecified atom stereocenters. The summed E-state index contributed by atoms with van der Waals surface area (Å²) >= 11 is 0. The summed E-state index contributed by atoms with van der Waals surface area (Å²) < 4.78 is 9.64. The Morgan fingerprint density at radius 3 is 2.32 bits per heavy atom. The van der Waals surface area contributed by atoms with Crippen LogP contribution in [0.5, 0.6) is 5.75 Å². The molecule has 2 aliphatic heterocycles. The van der Waals surface area contributed by atoms with Crippen molar-refractivity contribution < 1.29 is 23.9 Å². The van der Waals surface area contributed by atoms with Gasteiger partial charge in [0.15, 0.2) is 0 Å². The Morgan fingerprint density at radius 2 is 1.62 bits per heavy atom. The van der Waals surface area contributed by atoms with Crippen LogP contribution in [-0.4, -0.2) is 43.1 Å². The maximum atomic E-state index is 13.2. The standard InChI is InChI=1S/C29H27N3O5/c1-36-29(35)37-22-14-15-23-24(18-22)31-27(33)25(23)26(19-8-4-2-5-9-19)30-21-12-10-20(11-13-21)28(34)32-16-6-3-7-17-32/h2,4-5,8-15,18,30H,3,6-7,16-17H2,1H3,(H,31,33)/b26-25-. The largest absolute Gasteiger partial charge is 0.513 e. The van der Waals surface area contributed by atoms with Gasteiger partial charge in [0.2, 0.25) is 0 Å². The van der Waals surface area contributed by atoms with E-state index in [9.17, 15) is 14.4 Å². The van der Waals surface area contributed by atoms with Gasteiger partial charge in [0, 0.05) is 36.0 Å². The van der Waals surface area contributed by atoms with Gasteiger partial charge >= 0.3 is 6.16 Å². The first kappa shape index (κ1) is 24.1. The molecule has 8 nitrogen and oxygen atoms in total. The number of methoxy groups -OCH3 is 1. The molecule has 0 aromatic heterocycles. The molecule has 8 heteroatoms. The van der Waals surface area contributed by atoms with E-state index in [2.05, 4.69) is 15.4 Å². The Morgan fingerprint density at radius 1 is 0.892 bits per heavy atom. The Kier molecular flexibility index (Phi) is 6.89. The quantitative estimate of drug-likeness (QED) is 0.279. The van der Waals surface area contributed by atoms with Crippen LogP contribution in [0.1, 0.15) is 40.7 Å². The van der Waals surface area contributed by atoms with Crippen molar-refractivity contribution in [1.82, 2.24) is 4.90 Å². The third kappa shape index (κ3) is 5.18. The van der Waals surface area contributed by atoms with Gasteiger partial charge in [-0.3, -0.25) is 9.59 Å². The average Bonchev–Trinajstić information content (AvgIpc) is 3.27. The molecule has 37 heavy (non-hydrogen) atoms. The Balaban J connectivity index is 1.47. The highest BCUT2D eigenvalue weighted by Gasteiger charge is 2.29. The van der Waals surface area contributed by atoms with E-state index in [0.717, 1.165) is 37.2 Å². The third-order valence-corrected chi connectivity index (χ3v) is 6.46. The van der Waals surface area contributed by atoms with Crippen LogP contribution >= 0.6 is 0 Å². The van der Waals surface area contributed by atoms with E-state index in [1.807, 2.05) is 59.5 Å². The highest BCUT2D eigenvalue weighted by Crippen LogP contribution is 2.39. The van der Waals surface area contributed by atoms with E-state index in [4.69, 9.17) is 4.74 Å². The lowest BCUT2D eigenvalue weighted by atomic mass is 10.00. The van der Waals surface area contributed by atoms with Crippen LogP contribution in [0.3, 0.4) is 0 Å². The van der Waals surface area contributed by atoms with E-state index < -0.39 is 6.16 Å². The van der Waals surface area contributed by atoms with Crippen molar-refractivity contribution in [2.24, 2.45) is 0 Å². The lowest BCUT2D eigenvalue weighted by molar-refractivity contribution is -0.110. The number of benzene rings is 3. The lowest BCUT2D eigenvalue weighted by Gasteiger charge is -2.26. The topological polar surface area (TPSA) is 97.0 Å². The number of hydrogen-bond donors (Lipinski definition) is 2. The minimum Gasteiger partial charge on any atom is -0.437 e. The number of hydrogen-bond acceptors (Lipinski definition) is 6. The van der Waals surface area contributed by atoms with Crippen LogP contribution in [0, 0.1) is 0 Å². The zero-order valence-electron chi connectivity index (χ0n) is 20.5. The molecule has 3 aromatic carbocycles. The Labute approximate surface area is 214 Å². The Hall–Kier alpha value is -4.59. The number of rotatable bonds is 5. The van der Waals surface area contributed by atoms with Gasteiger partial charge in [0.1, 0.15) is 5.75 Å². The molecule has 3 aromatic rings. The smallest absolute Gasteiger partial charge is 0.437 e. The number of likely N-dealkylation sites (tertiary alicyclic amines) is 1. The van der Waals surface area contributed by atoms with E-state index >= 15 is 0 Å². The van der Waals surface area contributed by atoms with E-state index in [0.29, 0.717) is 28.1 Å². The molecule has 2 aliphatic rings. The van der Waals surface area contributed by atoms with E-state index in [1.165, 1.54) is 13.5 Å². The van der Waals surface area contributed by atoms with Crippen molar-refractivity contribution in [3.05, 3.63) is 89.5 Å². The second-order valence-electron chi connectivity index (χ2n) is 8.89. The van der Waals surface area contributed by atoms with Gasteiger partial charge in [-0.15, -0.1) is 0 Å². The van der Waals surface area contributed by atoms with Crippen LogP contribution in [0.4, 0.5) is 16.2 Å². The molecule has 1 saturated heterocycles. The lowest BCUT2D eigenvalue weighted by Crippen LogP contribution is -2.35. The first-order valence-corrected chi connectivity index (χ1v) is 12.2. The summed E-state index contributed by atoms with van der Waals surface area (Å²) in [6, 6.07) is 21.8. The van der Waals surface area contributed by atoms with Crippen molar-refractivity contribution in [2.45, 2.75) is 19.3 Å². The van der Waals surface area contributed by atoms with Gasteiger partial charge in [0.25, 0.3) is 11.8 Å². The normalized spacial score (nSPS) is 15.9. The van der Waals surface area contributed by atoms with Gasteiger partial charge in [-0.2, -0.15) is 0 Å². The number of carbonyl (C=O) groups excluding carboxylic acids is 3. The number of nitrogens with zero attached hydrogens (tertiary/aromatic N) is 1. The van der Waals surface area contributed by atoms with Crippen molar-refractivity contribution >= 4 is 40.6 Å². The molecule has 0 spiro atoms. The average molecular weight is 498 g/mol. The van der Waals surface area contributed by atoms with Crippen molar-refractivity contribution in [3.8, 4) is 5.75 Å². The van der Waals surface area contributed by atoms with E-state index in [-0.39, 0.29) is 17.6 Å². The fourth-order valence-electron chi connectivity index (χ4n) is 4.61. The zero-order chi connectivity index (χ0) is 25.8. The summed E-state index contributed by atoms with van der Waals surface area (Å²) in [5, 5.41) is 6.26. The number of fused-ring (bicyclic) bond motifs is 1. The second kappa shape index (κ2) is 10.6. The summed E-state index contributed by atoms with van der Waals surface area (Å²) in [6.45, 7) is 1.59. The summed E-state index contributed by atoms with van der Waals surface area (Å²) in [6.07, 6.45) is 2.41. The summed E-state index contributed by atoms with van der Waals surface area (Å²) in [5.74, 6) is 0.0192. The van der Waals surface area contributed by atoms with Crippen molar-refractivity contribution in [3.63, 3.8) is 0 Å². The minimum atomic E-state index is -0.839. The van der Waals surface area contributed by atoms with Crippen LogP contribution in [0.15, 0.2) is 72.8 Å². The molecule has 0 atom stereocenters. The first-order valence-electron chi connectivity index (χ1n) is 12.2. The molecule has 2 heterocycles.